The molecule has 0 unspecified atom stereocenters. The van der Waals surface area contributed by atoms with Gasteiger partial charge in [-0.1, -0.05) is 0 Å². The van der Waals surface area contributed by atoms with Crippen LogP contribution in [0.15, 0.2) is 36.7 Å². The molecule has 3 aromatic heterocycles. The zero-order valence-corrected chi connectivity index (χ0v) is 22.6. The Hall–Kier alpha value is -4.24. The Bertz CT molecular complexity index is 1490. The Balaban J connectivity index is 1.39. The molecule has 0 bridgehead atoms. The molecule has 1 atom stereocenters. The highest BCUT2D eigenvalue weighted by molar-refractivity contribution is 6.00. The second-order valence-corrected chi connectivity index (χ2v) is 11.2. The summed E-state index contributed by atoms with van der Waals surface area (Å²) in [6, 6.07) is 9.29. The maximum atomic E-state index is 14.3. The predicted molar refractivity (Wildman–Crippen MR) is 144 cm³/mol. The summed E-state index contributed by atoms with van der Waals surface area (Å²) < 4.78 is 20.9. The summed E-state index contributed by atoms with van der Waals surface area (Å²) in [5, 5.41) is 29.5. The van der Waals surface area contributed by atoms with Crippen LogP contribution in [0.3, 0.4) is 0 Å². The molecule has 2 amide bonds. The van der Waals surface area contributed by atoms with Gasteiger partial charge in [-0.25, -0.2) is 13.7 Å². The Labute approximate surface area is 230 Å². The van der Waals surface area contributed by atoms with E-state index in [0.29, 0.717) is 35.7 Å². The number of amides is 2. The number of methoxy groups -OCH3 is 1. The molecule has 5 rings (SSSR count). The van der Waals surface area contributed by atoms with Gasteiger partial charge in [0.25, 0.3) is 5.91 Å². The van der Waals surface area contributed by atoms with Gasteiger partial charge in [-0.3, -0.25) is 9.78 Å². The Morgan fingerprint density at radius 2 is 2.10 bits per heavy atom. The topological polar surface area (TPSA) is 145 Å². The van der Waals surface area contributed by atoms with E-state index in [1.807, 2.05) is 12.1 Å². The number of nitrogens with zero attached hydrogens (tertiary/aromatic N) is 5. The van der Waals surface area contributed by atoms with E-state index in [1.165, 1.54) is 33.4 Å². The first kappa shape index (κ1) is 27.3. The average molecular weight is 550 g/mol. The van der Waals surface area contributed by atoms with Gasteiger partial charge in [-0.15, -0.1) is 0 Å². The molecule has 3 N–H and O–H groups in total. The third-order valence-electron chi connectivity index (χ3n) is 7.84. The SMILES string of the molecule is COC(=O)N1CCC2(CC(Nc3cc(-c4ccc5cc(C#N)cnn45)ncc3C(=O)NC[C@@H](F)C(C)(C)O)C2)C1. The number of alkyl halides is 1. The highest BCUT2D eigenvalue weighted by atomic mass is 19.1. The fourth-order valence-corrected chi connectivity index (χ4v) is 5.54. The fraction of sp³-hybridized carbons (Fsp3) is 0.464. The number of aromatic nitrogens is 3. The largest absolute Gasteiger partial charge is 0.453 e. The highest BCUT2D eigenvalue weighted by Gasteiger charge is 2.49. The molecule has 12 heteroatoms. The van der Waals surface area contributed by atoms with Crippen molar-refractivity contribution in [2.75, 3.05) is 32.1 Å². The molecule has 0 radical (unpaired) electrons. The third-order valence-corrected chi connectivity index (χ3v) is 7.84. The van der Waals surface area contributed by atoms with Gasteiger partial charge in [0.2, 0.25) is 0 Å². The summed E-state index contributed by atoms with van der Waals surface area (Å²) in [6.45, 7) is 3.63. The number of hydrogen-bond acceptors (Lipinski definition) is 8. The Kier molecular flexibility index (Phi) is 7.10. The number of aliphatic hydroxyl groups is 1. The number of pyridine rings is 1. The number of fused-ring (bicyclic) bond motifs is 1. The molecular weight excluding hydrogens is 517 g/mol. The van der Waals surface area contributed by atoms with Crippen molar-refractivity contribution >= 4 is 23.2 Å². The number of carbonyl (C=O) groups is 2. The van der Waals surface area contributed by atoms with Gasteiger partial charge >= 0.3 is 6.09 Å². The van der Waals surface area contributed by atoms with Gasteiger partial charge in [0.05, 0.1) is 59.2 Å². The molecule has 0 aromatic carbocycles. The quantitative estimate of drug-likeness (QED) is 0.408. The molecule has 1 aliphatic carbocycles. The average Bonchev–Trinajstić information content (AvgIpc) is 3.55. The molecule has 11 nitrogen and oxygen atoms in total. The van der Waals surface area contributed by atoms with Crippen molar-refractivity contribution in [3.8, 4) is 17.5 Å². The molecule has 3 aromatic rings. The predicted octanol–water partition coefficient (Wildman–Crippen LogP) is 3.14. The number of carbonyl (C=O) groups excluding carboxylic acids is 2. The standard InChI is InChI=1S/C28H32FN7O4/c1-27(2,39)24(29)15-32-25(37)20-14-31-22(23-5-4-19-8-17(12-30)13-33-36(19)23)9-21(20)34-18-10-28(11-18)6-7-35(16-28)26(38)40-3/h4-5,8-9,13-14,18,24,39H,6-7,10-11,15-16H2,1-3H3,(H,31,34)(H,32,37)/t18?,24-,28?/m1/s1. The van der Waals surface area contributed by atoms with E-state index in [4.69, 9.17) is 4.74 Å². The molecular formula is C28H32FN7O4. The molecule has 40 heavy (non-hydrogen) atoms. The molecule has 1 saturated carbocycles. The van der Waals surface area contributed by atoms with Crippen molar-refractivity contribution in [2.24, 2.45) is 5.41 Å². The van der Waals surface area contributed by atoms with Crippen molar-refractivity contribution in [3.05, 3.63) is 47.8 Å². The number of halogens is 1. The number of ether oxygens (including phenoxy) is 1. The minimum Gasteiger partial charge on any atom is -0.453 e. The number of rotatable bonds is 7. The molecule has 1 spiro atoms. The second-order valence-electron chi connectivity index (χ2n) is 11.2. The van der Waals surface area contributed by atoms with Crippen LogP contribution in [0.5, 0.6) is 0 Å². The molecule has 2 aliphatic rings. The lowest BCUT2D eigenvalue weighted by Crippen LogP contribution is -2.47. The normalized spacial score (nSPS) is 21.1. The molecule has 2 fully saturated rings. The molecule has 4 heterocycles. The second kappa shape index (κ2) is 10.4. The van der Waals surface area contributed by atoms with E-state index in [0.717, 1.165) is 24.8 Å². The van der Waals surface area contributed by atoms with Crippen LogP contribution in [0.25, 0.3) is 16.9 Å². The molecule has 1 saturated heterocycles. The van der Waals surface area contributed by atoms with Crippen molar-refractivity contribution in [3.63, 3.8) is 0 Å². The summed E-state index contributed by atoms with van der Waals surface area (Å²) >= 11 is 0. The summed E-state index contributed by atoms with van der Waals surface area (Å²) in [7, 11) is 1.38. The van der Waals surface area contributed by atoms with Crippen LogP contribution in [0, 0.1) is 16.7 Å². The van der Waals surface area contributed by atoms with Crippen LogP contribution in [0.2, 0.25) is 0 Å². The lowest BCUT2D eigenvalue weighted by atomic mass is 9.65. The van der Waals surface area contributed by atoms with Gasteiger partial charge in [0.15, 0.2) is 0 Å². The number of nitrogens with one attached hydrogen (secondary N) is 2. The van der Waals surface area contributed by atoms with Crippen molar-refractivity contribution < 1.29 is 23.8 Å². The van der Waals surface area contributed by atoms with Crippen LogP contribution in [-0.2, 0) is 4.74 Å². The van der Waals surface area contributed by atoms with Crippen LogP contribution in [0.4, 0.5) is 14.9 Å². The number of anilines is 1. The van der Waals surface area contributed by atoms with E-state index in [-0.39, 0.29) is 29.7 Å². The number of likely N-dealkylation sites (tertiary alicyclic amines) is 1. The zero-order chi connectivity index (χ0) is 28.7. The zero-order valence-electron chi connectivity index (χ0n) is 22.6. The van der Waals surface area contributed by atoms with Gasteiger partial charge < -0.3 is 25.4 Å². The van der Waals surface area contributed by atoms with Crippen LogP contribution in [0.1, 0.15) is 49.0 Å². The third kappa shape index (κ3) is 5.29. The lowest BCUT2D eigenvalue weighted by Gasteiger charge is -2.46. The summed E-state index contributed by atoms with van der Waals surface area (Å²) in [4.78, 5) is 31.3. The first-order valence-corrected chi connectivity index (χ1v) is 13.1. The number of hydrogen-bond donors (Lipinski definition) is 3. The maximum absolute atomic E-state index is 14.3. The maximum Gasteiger partial charge on any atom is 0.409 e. The molecule has 1 aliphatic heterocycles. The summed E-state index contributed by atoms with van der Waals surface area (Å²) in [5.41, 5.74) is 1.60. The monoisotopic (exact) mass is 549 g/mol. The first-order valence-electron chi connectivity index (χ1n) is 13.1. The fourth-order valence-electron chi connectivity index (χ4n) is 5.54. The van der Waals surface area contributed by atoms with Crippen LogP contribution in [-0.4, -0.2) is 81.2 Å². The minimum atomic E-state index is -1.65. The number of nitriles is 1. The van der Waals surface area contributed by atoms with E-state index >= 15 is 0 Å². The van der Waals surface area contributed by atoms with Gasteiger partial charge in [0.1, 0.15) is 12.2 Å². The van der Waals surface area contributed by atoms with E-state index in [2.05, 4.69) is 26.8 Å². The highest BCUT2D eigenvalue weighted by Crippen LogP contribution is 2.49. The van der Waals surface area contributed by atoms with E-state index in [9.17, 15) is 24.3 Å². The van der Waals surface area contributed by atoms with Crippen molar-refractivity contribution in [1.82, 2.24) is 24.8 Å². The Morgan fingerprint density at radius 1 is 1.32 bits per heavy atom. The van der Waals surface area contributed by atoms with Gasteiger partial charge in [-0.2, -0.15) is 10.4 Å². The summed E-state index contributed by atoms with van der Waals surface area (Å²) in [5.74, 6) is -0.517. The smallest absolute Gasteiger partial charge is 0.409 e. The lowest BCUT2D eigenvalue weighted by molar-refractivity contribution is -0.00177. The van der Waals surface area contributed by atoms with E-state index in [1.54, 1.807) is 21.5 Å². The van der Waals surface area contributed by atoms with Crippen molar-refractivity contribution in [1.29, 1.82) is 5.26 Å². The van der Waals surface area contributed by atoms with Crippen LogP contribution < -0.4 is 10.6 Å². The van der Waals surface area contributed by atoms with Crippen LogP contribution >= 0.6 is 0 Å². The first-order chi connectivity index (χ1) is 19.0. The minimum absolute atomic E-state index is 0.0123. The Morgan fingerprint density at radius 3 is 2.80 bits per heavy atom. The van der Waals surface area contributed by atoms with Crippen molar-refractivity contribution in [2.45, 2.75) is 50.9 Å². The van der Waals surface area contributed by atoms with Gasteiger partial charge in [-0.05, 0) is 62.8 Å². The van der Waals surface area contributed by atoms with E-state index < -0.39 is 17.7 Å². The van der Waals surface area contributed by atoms with Gasteiger partial charge in [0, 0.05) is 25.3 Å². The molecule has 210 valence electrons. The summed E-state index contributed by atoms with van der Waals surface area (Å²) in [6.07, 6.45) is 3.46.